The average Bonchev–Trinajstić information content (AvgIpc) is 3.45. The fourth-order valence-corrected chi connectivity index (χ4v) is 5.11. The fraction of sp³-hybridized carbons (Fsp3) is 0.333. The monoisotopic (exact) mass is 519 g/mol. The minimum atomic E-state index is -3.53. The molecule has 3 N–H and O–H groups in total. The Labute approximate surface area is 218 Å². The zero-order chi connectivity index (χ0) is 26.2. The van der Waals surface area contributed by atoms with E-state index in [1.54, 1.807) is 39.1 Å². The standard InChI is InChI=1S/C27H33N7O2S/c1-27(2,3)37(35,36)32-22-6-5-7-23(17-22)34-14-11-20-18-29-26(31-25(20)34)30-21-8-9-24-19(16-21)10-13-33(24)15-12-28-4/h5-9,11,14,16-18,28,32H,10,12-13,15H2,1-4H3,(H,29,30,31). The predicted molar refractivity (Wildman–Crippen MR) is 151 cm³/mol. The number of nitrogens with one attached hydrogen (secondary N) is 3. The molecule has 0 unspecified atom stereocenters. The molecular weight excluding hydrogens is 486 g/mol. The van der Waals surface area contributed by atoms with Crippen molar-refractivity contribution in [3.63, 3.8) is 0 Å². The maximum absolute atomic E-state index is 12.6. The van der Waals surface area contributed by atoms with Crippen molar-refractivity contribution in [2.45, 2.75) is 31.9 Å². The Morgan fingerprint density at radius 3 is 2.68 bits per heavy atom. The molecule has 9 nitrogen and oxygen atoms in total. The summed E-state index contributed by atoms with van der Waals surface area (Å²) < 4.78 is 29.0. The fourth-order valence-electron chi connectivity index (χ4n) is 4.37. The van der Waals surface area contributed by atoms with Gasteiger partial charge in [-0.3, -0.25) is 4.72 Å². The summed E-state index contributed by atoms with van der Waals surface area (Å²) in [5, 5.41) is 7.46. The van der Waals surface area contributed by atoms with Gasteiger partial charge in [-0.1, -0.05) is 6.07 Å². The van der Waals surface area contributed by atoms with Crippen LogP contribution in [0.2, 0.25) is 0 Å². The van der Waals surface area contributed by atoms with Crippen LogP contribution < -0.4 is 20.3 Å². The molecule has 0 spiro atoms. The SMILES string of the molecule is CNCCN1CCc2cc(Nc3ncc4ccn(-c5cccc(NS(=O)(=O)C(C)(C)C)c5)c4n3)ccc21. The molecule has 0 radical (unpaired) electrons. The highest BCUT2D eigenvalue weighted by Crippen LogP contribution is 2.31. The van der Waals surface area contributed by atoms with Gasteiger partial charge in [0, 0.05) is 54.5 Å². The van der Waals surface area contributed by atoms with Crippen LogP contribution in [-0.2, 0) is 16.4 Å². The van der Waals surface area contributed by atoms with Crippen molar-refractivity contribution in [3.8, 4) is 5.69 Å². The Hall–Kier alpha value is -3.63. The van der Waals surface area contributed by atoms with Gasteiger partial charge >= 0.3 is 0 Å². The first-order chi connectivity index (χ1) is 17.6. The lowest BCUT2D eigenvalue weighted by Gasteiger charge is -2.20. The van der Waals surface area contributed by atoms with Crippen molar-refractivity contribution in [2.24, 2.45) is 0 Å². The lowest BCUT2D eigenvalue weighted by atomic mass is 10.1. The molecule has 0 saturated heterocycles. The summed E-state index contributed by atoms with van der Waals surface area (Å²) in [4.78, 5) is 11.7. The molecule has 4 aromatic rings. The van der Waals surface area contributed by atoms with Gasteiger partial charge < -0.3 is 20.1 Å². The van der Waals surface area contributed by atoms with Crippen LogP contribution in [0.4, 0.5) is 23.0 Å². The van der Waals surface area contributed by atoms with Gasteiger partial charge in [0.25, 0.3) is 0 Å². The molecule has 1 aliphatic rings. The zero-order valence-electron chi connectivity index (χ0n) is 21.6. The summed E-state index contributed by atoms with van der Waals surface area (Å²) in [5.41, 5.74) is 5.59. The summed E-state index contributed by atoms with van der Waals surface area (Å²) in [6.07, 6.45) is 4.72. The van der Waals surface area contributed by atoms with Crippen molar-refractivity contribution < 1.29 is 8.42 Å². The van der Waals surface area contributed by atoms with E-state index < -0.39 is 14.8 Å². The third-order valence-corrected chi connectivity index (χ3v) is 8.69. The van der Waals surface area contributed by atoms with Gasteiger partial charge in [0.05, 0.1) is 10.4 Å². The highest BCUT2D eigenvalue weighted by atomic mass is 32.2. The maximum Gasteiger partial charge on any atom is 0.237 e. The Kier molecular flexibility index (Phi) is 6.55. The topological polar surface area (TPSA) is 104 Å². The van der Waals surface area contributed by atoms with Gasteiger partial charge in [-0.2, -0.15) is 4.98 Å². The smallest absolute Gasteiger partial charge is 0.237 e. The summed E-state index contributed by atoms with van der Waals surface area (Å²) in [5.74, 6) is 0.502. The lowest BCUT2D eigenvalue weighted by Crippen LogP contribution is -2.33. The van der Waals surface area contributed by atoms with Gasteiger partial charge in [-0.15, -0.1) is 0 Å². The van der Waals surface area contributed by atoms with E-state index in [4.69, 9.17) is 4.98 Å². The second-order valence-electron chi connectivity index (χ2n) is 10.2. The molecule has 194 valence electrons. The third kappa shape index (κ3) is 5.12. The van der Waals surface area contributed by atoms with E-state index in [1.807, 2.05) is 36.0 Å². The maximum atomic E-state index is 12.6. The van der Waals surface area contributed by atoms with E-state index >= 15 is 0 Å². The van der Waals surface area contributed by atoms with Crippen molar-refractivity contribution in [2.75, 3.05) is 41.6 Å². The van der Waals surface area contributed by atoms with Crippen molar-refractivity contribution in [3.05, 3.63) is 66.5 Å². The number of fused-ring (bicyclic) bond motifs is 2. The number of nitrogens with zero attached hydrogens (tertiary/aromatic N) is 4. The van der Waals surface area contributed by atoms with Crippen molar-refractivity contribution in [1.82, 2.24) is 19.9 Å². The second kappa shape index (κ2) is 9.68. The molecule has 0 aliphatic carbocycles. The highest BCUT2D eigenvalue weighted by Gasteiger charge is 2.29. The molecule has 2 aromatic carbocycles. The average molecular weight is 520 g/mol. The van der Waals surface area contributed by atoms with Crippen LogP contribution in [0.3, 0.4) is 0 Å². The van der Waals surface area contributed by atoms with E-state index in [0.717, 1.165) is 48.5 Å². The summed E-state index contributed by atoms with van der Waals surface area (Å²) in [6.45, 7) is 7.99. The van der Waals surface area contributed by atoms with Gasteiger partial charge in [0.2, 0.25) is 16.0 Å². The predicted octanol–water partition coefficient (Wildman–Crippen LogP) is 4.29. The van der Waals surface area contributed by atoms with Crippen molar-refractivity contribution in [1.29, 1.82) is 0 Å². The van der Waals surface area contributed by atoms with Gasteiger partial charge in [0.15, 0.2) is 0 Å². The molecule has 5 rings (SSSR count). The molecule has 10 heteroatoms. The molecule has 37 heavy (non-hydrogen) atoms. The van der Waals surface area contributed by atoms with Gasteiger partial charge in [-0.05, 0) is 82.3 Å². The minimum absolute atomic E-state index is 0.502. The molecule has 2 aromatic heterocycles. The molecule has 0 fully saturated rings. The third-order valence-electron chi connectivity index (χ3n) is 6.57. The number of aromatic nitrogens is 3. The number of rotatable bonds is 8. The molecule has 1 aliphatic heterocycles. The Bertz CT molecular complexity index is 1540. The molecule has 3 heterocycles. The molecular formula is C27H33N7O2S. The summed E-state index contributed by atoms with van der Waals surface area (Å²) in [6, 6.07) is 15.6. The first kappa shape index (κ1) is 25.0. The van der Waals surface area contributed by atoms with Crippen LogP contribution in [-0.4, -0.2) is 54.4 Å². The Morgan fingerprint density at radius 2 is 1.89 bits per heavy atom. The molecule has 0 amide bonds. The van der Waals surface area contributed by atoms with E-state index in [1.165, 1.54) is 11.3 Å². The van der Waals surface area contributed by atoms with Crippen LogP contribution in [0, 0.1) is 0 Å². The van der Waals surface area contributed by atoms with E-state index in [2.05, 4.69) is 43.4 Å². The van der Waals surface area contributed by atoms with Crippen LogP contribution in [0.1, 0.15) is 26.3 Å². The number of likely N-dealkylation sites (N-methyl/N-ethyl adjacent to an activating group) is 1. The van der Waals surface area contributed by atoms with Crippen LogP contribution in [0.5, 0.6) is 0 Å². The van der Waals surface area contributed by atoms with Crippen molar-refractivity contribution >= 4 is 44.1 Å². The van der Waals surface area contributed by atoms with E-state index in [-0.39, 0.29) is 0 Å². The quantitative estimate of drug-likeness (QED) is 0.319. The first-order valence-electron chi connectivity index (χ1n) is 12.4. The van der Waals surface area contributed by atoms with E-state index in [0.29, 0.717) is 11.6 Å². The van der Waals surface area contributed by atoms with E-state index in [9.17, 15) is 8.42 Å². The summed E-state index contributed by atoms with van der Waals surface area (Å²) in [7, 11) is -1.56. The number of hydrogen-bond donors (Lipinski definition) is 3. The van der Waals surface area contributed by atoms with Crippen LogP contribution in [0.25, 0.3) is 16.7 Å². The zero-order valence-corrected chi connectivity index (χ0v) is 22.4. The molecule has 0 atom stereocenters. The van der Waals surface area contributed by atoms with Crippen LogP contribution in [0.15, 0.2) is 60.9 Å². The molecule has 0 saturated carbocycles. The number of benzene rings is 2. The Balaban J connectivity index is 1.40. The number of sulfonamides is 1. The van der Waals surface area contributed by atoms with Gasteiger partial charge in [0.1, 0.15) is 5.65 Å². The first-order valence-corrected chi connectivity index (χ1v) is 13.9. The number of hydrogen-bond acceptors (Lipinski definition) is 7. The van der Waals surface area contributed by atoms with Crippen LogP contribution >= 0.6 is 0 Å². The largest absolute Gasteiger partial charge is 0.370 e. The normalized spacial score (nSPS) is 13.7. The molecule has 0 bridgehead atoms. The minimum Gasteiger partial charge on any atom is -0.370 e. The lowest BCUT2D eigenvalue weighted by molar-refractivity contribution is 0.566. The highest BCUT2D eigenvalue weighted by molar-refractivity contribution is 7.94. The second-order valence-corrected chi connectivity index (χ2v) is 12.7. The number of anilines is 4. The Morgan fingerprint density at radius 1 is 1.05 bits per heavy atom. The van der Waals surface area contributed by atoms with Gasteiger partial charge in [-0.25, -0.2) is 13.4 Å². The summed E-state index contributed by atoms with van der Waals surface area (Å²) >= 11 is 0.